The minimum atomic E-state index is 0. The summed E-state index contributed by atoms with van der Waals surface area (Å²) in [6.45, 7) is 3.61. The van der Waals surface area contributed by atoms with E-state index in [4.69, 9.17) is 10.5 Å². The Morgan fingerprint density at radius 3 is 2.83 bits per heavy atom. The van der Waals surface area contributed by atoms with Gasteiger partial charge in [0.1, 0.15) is 5.82 Å². The molecule has 0 saturated carbocycles. The molecule has 2 heterocycles. The zero-order valence-corrected chi connectivity index (χ0v) is 15.5. The van der Waals surface area contributed by atoms with E-state index in [1.165, 1.54) is 0 Å². The lowest BCUT2D eigenvalue weighted by Crippen LogP contribution is -2.44. The smallest absolute Gasteiger partial charge is 0.191 e. The highest BCUT2D eigenvalue weighted by molar-refractivity contribution is 14.0. The lowest BCUT2D eigenvalue weighted by molar-refractivity contribution is 0.0674. The average molecular weight is 427 g/mol. The molecule has 0 amide bonds. The van der Waals surface area contributed by atoms with Gasteiger partial charge in [0, 0.05) is 38.1 Å². The molecule has 6 nitrogen and oxygen atoms in total. The van der Waals surface area contributed by atoms with Crippen molar-refractivity contribution in [3.63, 3.8) is 0 Å². The molecule has 1 aliphatic rings. The van der Waals surface area contributed by atoms with Crippen molar-refractivity contribution < 1.29 is 4.74 Å². The fourth-order valence-corrected chi connectivity index (χ4v) is 2.52. The highest BCUT2D eigenvalue weighted by Crippen LogP contribution is 2.18. The fraction of sp³-hybridized carbons (Fsp3) is 0.375. The maximum atomic E-state index is 6.06. The van der Waals surface area contributed by atoms with Gasteiger partial charge in [-0.2, -0.15) is 0 Å². The van der Waals surface area contributed by atoms with Gasteiger partial charge in [-0.25, -0.2) is 9.98 Å². The van der Waals surface area contributed by atoms with Crippen molar-refractivity contribution in [2.24, 2.45) is 17.8 Å². The molecule has 124 valence electrons. The maximum absolute atomic E-state index is 6.06. The van der Waals surface area contributed by atoms with E-state index in [0.29, 0.717) is 25.7 Å². The summed E-state index contributed by atoms with van der Waals surface area (Å²) in [5.41, 5.74) is 8.27. The normalized spacial score (nSPS) is 15.3. The zero-order chi connectivity index (χ0) is 15.4. The van der Waals surface area contributed by atoms with Gasteiger partial charge in [0.15, 0.2) is 5.96 Å². The Labute approximate surface area is 153 Å². The minimum Gasteiger partial charge on any atom is -0.378 e. The molecule has 0 spiro atoms. The maximum Gasteiger partial charge on any atom is 0.191 e. The highest BCUT2D eigenvalue weighted by atomic mass is 127. The van der Waals surface area contributed by atoms with Crippen molar-refractivity contribution in [3.8, 4) is 11.4 Å². The van der Waals surface area contributed by atoms with Crippen LogP contribution in [0, 0.1) is 0 Å². The average Bonchev–Trinajstić information content (AvgIpc) is 3.00. The van der Waals surface area contributed by atoms with Crippen LogP contribution >= 0.6 is 24.0 Å². The number of halogens is 1. The Kier molecular flexibility index (Phi) is 6.40. The number of rotatable bonds is 3. The molecule has 2 aromatic rings. The van der Waals surface area contributed by atoms with Crippen LogP contribution in [0.5, 0.6) is 0 Å². The molecule has 1 aromatic carbocycles. The number of aliphatic imine (C=N–C) groups is 1. The van der Waals surface area contributed by atoms with Crippen LogP contribution in [0.1, 0.15) is 5.56 Å². The van der Waals surface area contributed by atoms with E-state index in [9.17, 15) is 0 Å². The summed E-state index contributed by atoms with van der Waals surface area (Å²) in [5.74, 6) is 1.54. The molecular formula is C16H22IN5O. The molecule has 1 fully saturated rings. The first kappa shape index (κ1) is 17.7. The van der Waals surface area contributed by atoms with E-state index < -0.39 is 0 Å². The summed E-state index contributed by atoms with van der Waals surface area (Å²) >= 11 is 0. The van der Waals surface area contributed by atoms with Crippen LogP contribution in [0.2, 0.25) is 0 Å². The van der Waals surface area contributed by atoms with E-state index >= 15 is 0 Å². The molecule has 3 rings (SSSR count). The summed E-state index contributed by atoms with van der Waals surface area (Å²) in [7, 11) is 1.99. The monoisotopic (exact) mass is 427 g/mol. The Hall–Kier alpha value is -1.61. The van der Waals surface area contributed by atoms with Gasteiger partial charge < -0.3 is 19.9 Å². The van der Waals surface area contributed by atoms with Crippen molar-refractivity contribution in [3.05, 3.63) is 42.2 Å². The molecule has 0 aliphatic carbocycles. The Bertz CT molecular complexity index is 664. The highest BCUT2D eigenvalue weighted by Gasteiger charge is 2.12. The molecule has 1 aromatic heterocycles. The van der Waals surface area contributed by atoms with Crippen molar-refractivity contribution in [1.82, 2.24) is 14.5 Å². The topological polar surface area (TPSA) is 68.7 Å². The van der Waals surface area contributed by atoms with Gasteiger partial charge in [0.05, 0.1) is 19.8 Å². The Balaban J connectivity index is 0.00000192. The van der Waals surface area contributed by atoms with E-state index in [-0.39, 0.29) is 24.0 Å². The third kappa shape index (κ3) is 4.44. The van der Waals surface area contributed by atoms with Crippen LogP contribution < -0.4 is 5.73 Å². The molecular weight excluding hydrogens is 405 g/mol. The van der Waals surface area contributed by atoms with Gasteiger partial charge in [-0.1, -0.05) is 18.2 Å². The van der Waals surface area contributed by atoms with E-state index in [0.717, 1.165) is 30.0 Å². The van der Waals surface area contributed by atoms with E-state index in [2.05, 4.69) is 33.1 Å². The number of aromatic nitrogens is 2. The van der Waals surface area contributed by atoms with Crippen LogP contribution in [0.4, 0.5) is 0 Å². The lowest BCUT2D eigenvalue weighted by atomic mass is 10.1. The first-order valence-electron chi connectivity index (χ1n) is 7.43. The Morgan fingerprint density at radius 1 is 1.35 bits per heavy atom. The van der Waals surface area contributed by atoms with E-state index in [1.807, 2.05) is 23.9 Å². The van der Waals surface area contributed by atoms with E-state index in [1.54, 1.807) is 6.20 Å². The second-order valence-electron chi connectivity index (χ2n) is 5.34. The number of morpholine rings is 1. The minimum absolute atomic E-state index is 0. The molecule has 7 heteroatoms. The summed E-state index contributed by atoms with van der Waals surface area (Å²) < 4.78 is 7.32. The van der Waals surface area contributed by atoms with Crippen molar-refractivity contribution in [2.45, 2.75) is 6.54 Å². The first-order valence-corrected chi connectivity index (χ1v) is 7.43. The number of guanidine groups is 1. The Morgan fingerprint density at radius 2 is 2.13 bits per heavy atom. The second-order valence-corrected chi connectivity index (χ2v) is 5.34. The number of hydrogen-bond donors (Lipinski definition) is 1. The zero-order valence-electron chi connectivity index (χ0n) is 13.2. The fourth-order valence-electron chi connectivity index (χ4n) is 2.52. The number of hydrogen-bond acceptors (Lipinski definition) is 3. The summed E-state index contributed by atoms with van der Waals surface area (Å²) in [4.78, 5) is 10.9. The predicted octanol–water partition coefficient (Wildman–Crippen LogP) is 1.85. The van der Waals surface area contributed by atoms with Crippen molar-refractivity contribution >= 4 is 29.9 Å². The number of nitrogens with zero attached hydrogens (tertiary/aromatic N) is 4. The number of nitrogens with two attached hydrogens (primary N) is 1. The van der Waals surface area contributed by atoms with Crippen LogP contribution in [0.25, 0.3) is 11.4 Å². The van der Waals surface area contributed by atoms with Crippen LogP contribution in [-0.2, 0) is 18.3 Å². The molecule has 0 bridgehead atoms. The second kappa shape index (κ2) is 8.30. The molecule has 0 atom stereocenters. The predicted molar refractivity (Wildman–Crippen MR) is 102 cm³/mol. The van der Waals surface area contributed by atoms with Gasteiger partial charge in [-0.15, -0.1) is 24.0 Å². The van der Waals surface area contributed by atoms with Crippen molar-refractivity contribution in [2.75, 3.05) is 26.3 Å². The third-order valence-electron chi connectivity index (χ3n) is 3.77. The van der Waals surface area contributed by atoms with Crippen LogP contribution in [-0.4, -0.2) is 46.7 Å². The number of benzene rings is 1. The first-order chi connectivity index (χ1) is 10.7. The van der Waals surface area contributed by atoms with Gasteiger partial charge in [-0.3, -0.25) is 0 Å². The molecule has 0 radical (unpaired) electrons. The molecule has 1 saturated heterocycles. The summed E-state index contributed by atoms with van der Waals surface area (Å²) in [5, 5.41) is 0. The number of imidazole rings is 1. The van der Waals surface area contributed by atoms with Gasteiger partial charge >= 0.3 is 0 Å². The standard InChI is InChI=1S/C16H21N5O.HI/c1-20-6-5-18-15(20)14-4-2-3-13(11-14)12-19-16(17)21-7-9-22-10-8-21;/h2-6,11H,7-10,12H2,1H3,(H2,17,19);1H. The molecule has 2 N–H and O–H groups in total. The summed E-state index contributed by atoms with van der Waals surface area (Å²) in [6, 6.07) is 8.25. The summed E-state index contributed by atoms with van der Waals surface area (Å²) in [6.07, 6.45) is 3.74. The molecule has 0 unspecified atom stereocenters. The van der Waals surface area contributed by atoms with Crippen LogP contribution in [0.15, 0.2) is 41.7 Å². The number of ether oxygens (including phenoxy) is 1. The van der Waals surface area contributed by atoms with Crippen molar-refractivity contribution in [1.29, 1.82) is 0 Å². The van der Waals surface area contributed by atoms with Gasteiger partial charge in [-0.05, 0) is 11.6 Å². The quantitative estimate of drug-likeness (QED) is 0.461. The van der Waals surface area contributed by atoms with Gasteiger partial charge in [0.2, 0.25) is 0 Å². The third-order valence-corrected chi connectivity index (χ3v) is 3.77. The largest absolute Gasteiger partial charge is 0.378 e. The lowest BCUT2D eigenvalue weighted by Gasteiger charge is -2.27. The molecule has 1 aliphatic heterocycles. The molecule has 23 heavy (non-hydrogen) atoms. The number of aryl methyl sites for hydroxylation is 1. The van der Waals surface area contributed by atoms with Crippen LogP contribution in [0.3, 0.4) is 0 Å². The van der Waals surface area contributed by atoms with Gasteiger partial charge in [0.25, 0.3) is 0 Å². The SMILES string of the molecule is Cn1ccnc1-c1cccc(CN=C(N)N2CCOCC2)c1.I.